The molecule has 1 aliphatic heterocycles. The summed E-state index contributed by atoms with van der Waals surface area (Å²) in [5.74, 6) is 0.105. The number of methoxy groups -OCH3 is 1. The smallest absolute Gasteiger partial charge is 0.260 e. The van der Waals surface area contributed by atoms with Crippen molar-refractivity contribution < 1.29 is 14.3 Å². The van der Waals surface area contributed by atoms with Crippen molar-refractivity contribution in [3.63, 3.8) is 0 Å². The molecule has 1 aromatic rings. The lowest BCUT2D eigenvalue weighted by molar-refractivity contribution is -0.129. The predicted octanol–water partition coefficient (Wildman–Crippen LogP) is 0.582. The normalized spacial score (nSPS) is 16.0. The minimum absolute atomic E-state index is 0.0654. The molecule has 2 N–H and O–H groups in total. The summed E-state index contributed by atoms with van der Waals surface area (Å²) in [7, 11) is 3.24. The molecule has 20 heavy (non-hydrogen) atoms. The molecule has 1 saturated heterocycles. The molecule has 6 heteroatoms. The molecule has 108 valence electrons. The van der Waals surface area contributed by atoms with Crippen LogP contribution in [0.25, 0.3) is 0 Å². The largest absolute Gasteiger partial charge is 0.496 e. The molecule has 0 radical (unpaired) electrons. The summed E-state index contributed by atoms with van der Waals surface area (Å²) < 4.78 is 5.19. The predicted molar refractivity (Wildman–Crippen MR) is 75.6 cm³/mol. The highest BCUT2D eigenvalue weighted by Gasteiger charge is 2.26. The number of amides is 2. The maximum Gasteiger partial charge on any atom is 0.260 e. The molecule has 1 aliphatic rings. The number of benzene rings is 1. The van der Waals surface area contributed by atoms with Crippen LogP contribution in [-0.2, 0) is 4.79 Å². The van der Waals surface area contributed by atoms with Crippen LogP contribution in [0.3, 0.4) is 0 Å². The number of hydrogen-bond donors (Lipinski definition) is 1. The van der Waals surface area contributed by atoms with Gasteiger partial charge in [-0.15, -0.1) is 0 Å². The number of ether oxygens (including phenoxy) is 1. The van der Waals surface area contributed by atoms with Crippen molar-refractivity contribution in [3.8, 4) is 5.75 Å². The Hall–Kier alpha value is -2.24. The van der Waals surface area contributed by atoms with Gasteiger partial charge in [-0.05, 0) is 18.6 Å². The van der Waals surface area contributed by atoms with Crippen molar-refractivity contribution in [2.45, 2.75) is 6.42 Å². The Labute approximate surface area is 118 Å². The average molecular weight is 277 g/mol. The van der Waals surface area contributed by atoms with Gasteiger partial charge in [-0.1, -0.05) is 6.07 Å². The van der Waals surface area contributed by atoms with Crippen molar-refractivity contribution in [1.82, 2.24) is 9.80 Å². The Balaban J connectivity index is 2.29. The van der Waals surface area contributed by atoms with Gasteiger partial charge in [0.05, 0.1) is 7.11 Å². The maximum absolute atomic E-state index is 12.6. The minimum Gasteiger partial charge on any atom is -0.496 e. The second-order valence-corrected chi connectivity index (χ2v) is 4.82. The van der Waals surface area contributed by atoms with Gasteiger partial charge in [0.1, 0.15) is 17.9 Å². The summed E-state index contributed by atoms with van der Waals surface area (Å²) in [6, 6.07) is 5.07. The van der Waals surface area contributed by atoms with Crippen LogP contribution in [0, 0.1) is 0 Å². The van der Waals surface area contributed by atoms with Crippen molar-refractivity contribution in [2.24, 2.45) is 0 Å². The van der Waals surface area contributed by atoms with E-state index in [4.69, 9.17) is 10.5 Å². The highest BCUT2D eigenvalue weighted by atomic mass is 16.5. The third kappa shape index (κ3) is 2.68. The summed E-state index contributed by atoms with van der Waals surface area (Å²) in [4.78, 5) is 27.6. The summed E-state index contributed by atoms with van der Waals surface area (Å²) in [6.45, 7) is 1.27. The zero-order chi connectivity index (χ0) is 14.7. The Morgan fingerprint density at radius 1 is 1.35 bits per heavy atom. The van der Waals surface area contributed by atoms with Crippen LogP contribution < -0.4 is 10.5 Å². The first-order valence-corrected chi connectivity index (χ1v) is 6.50. The van der Waals surface area contributed by atoms with Crippen molar-refractivity contribution in [2.75, 3.05) is 39.5 Å². The fourth-order valence-corrected chi connectivity index (χ4v) is 2.27. The first-order chi connectivity index (χ1) is 9.54. The summed E-state index contributed by atoms with van der Waals surface area (Å²) in [5, 5.41) is 0. The van der Waals surface area contributed by atoms with E-state index in [1.54, 1.807) is 30.1 Å². The molecule has 2 amide bonds. The molecule has 0 saturated carbocycles. The molecular formula is C14H19N3O3. The van der Waals surface area contributed by atoms with Gasteiger partial charge < -0.3 is 20.3 Å². The highest BCUT2D eigenvalue weighted by Crippen LogP contribution is 2.26. The number of likely N-dealkylation sites (N-methyl/N-ethyl adjacent to an activating group) is 1. The number of rotatable bonds is 2. The molecule has 2 rings (SSSR count). The maximum atomic E-state index is 12.6. The number of hydrogen-bond acceptors (Lipinski definition) is 4. The van der Waals surface area contributed by atoms with E-state index in [-0.39, 0.29) is 18.4 Å². The van der Waals surface area contributed by atoms with Crippen LogP contribution in [0.2, 0.25) is 0 Å². The van der Waals surface area contributed by atoms with Gasteiger partial charge in [0.25, 0.3) is 5.91 Å². The quantitative estimate of drug-likeness (QED) is 0.802. The lowest BCUT2D eigenvalue weighted by Crippen LogP contribution is -2.38. The van der Waals surface area contributed by atoms with Crippen LogP contribution >= 0.6 is 0 Å². The summed E-state index contributed by atoms with van der Waals surface area (Å²) in [6.07, 6.45) is 0.753. The van der Waals surface area contributed by atoms with Gasteiger partial charge in [-0.3, -0.25) is 9.59 Å². The summed E-state index contributed by atoms with van der Waals surface area (Å²) >= 11 is 0. The summed E-state index contributed by atoms with van der Waals surface area (Å²) in [5.41, 5.74) is 6.57. The van der Waals surface area contributed by atoms with Gasteiger partial charge in [0.15, 0.2) is 0 Å². The van der Waals surface area contributed by atoms with Gasteiger partial charge in [0.2, 0.25) is 5.91 Å². The average Bonchev–Trinajstić information content (AvgIpc) is 2.60. The van der Waals surface area contributed by atoms with Crippen LogP contribution in [0.15, 0.2) is 18.2 Å². The fraction of sp³-hybridized carbons (Fsp3) is 0.429. The number of anilines is 1. The van der Waals surface area contributed by atoms with E-state index in [9.17, 15) is 9.59 Å². The van der Waals surface area contributed by atoms with Gasteiger partial charge in [0, 0.05) is 25.8 Å². The van der Waals surface area contributed by atoms with Gasteiger partial charge in [-0.2, -0.15) is 0 Å². The highest BCUT2D eigenvalue weighted by molar-refractivity contribution is 6.03. The molecule has 6 nitrogen and oxygen atoms in total. The molecule has 1 fully saturated rings. The molecular weight excluding hydrogens is 258 g/mol. The Morgan fingerprint density at radius 3 is 2.80 bits per heavy atom. The number of nitrogen functional groups attached to an aromatic ring is 1. The monoisotopic (exact) mass is 277 g/mol. The SMILES string of the molecule is COc1cccc(N)c1C(=O)N1CCCN(C)C(=O)C1. The molecule has 0 aliphatic carbocycles. The Kier molecular flexibility index (Phi) is 4.12. The van der Waals surface area contributed by atoms with Crippen molar-refractivity contribution >= 4 is 17.5 Å². The van der Waals surface area contributed by atoms with E-state index in [1.807, 2.05) is 0 Å². The zero-order valence-corrected chi connectivity index (χ0v) is 11.8. The fourth-order valence-electron chi connectivity index (χ4n) is 2.27. The van der Waals surface area contributed by atoms with Crippen molar-refractivity contribution in [1.29, 1.82) is 0 Å². The molecule has 0 aromatic heterocycles. The van der Waals surface area contributed by atoms with E-state index < -0.39 is 0 Å². The molecule has 0 spiro atoms. The number of nitrogens with two attached hydrogens (primary N) is 1. The number of carbonyl (C=O) groups excluding carboxylic acids is 2. The van der Waals surface area contributed by atoms with E-state index in [0.717, 1.165) is 6.42 Å². The lowest BCUT2D eigenvalue weighted by Gasteiger charge is -2.21. The molecule has 0 bridgehead atoms. The number of carbonyl (C=O) groups is 2. The van der Waals surface area contributed by atoms with E-state index in [0.29, 0.717) is 30.1 Å². The van der Waals surface area contributed by atoms with Crippen LogP contribution in [0.4, 0.5) is 5.69 Å². The first-order valence-electron chi connectivity index (χ1n) is 6.50. The molecule has 1 heterocycles. The first kappa shape index (κ1) is 14.2. The topological polar surface area (TPSA) is 75.9 Å². The zero-order valence-electron chi connectivity index (χ0n) is 11.8. The Morgan fingerprint density at radius 2 is 2.10 bits per heavy atom. The van der Waals surface area contributed by atoms with E-state index >= 15 is 0 Å². The third-order valence-electron chi connectivity index (χ3n) is 3.45. The minimum atomic E-state index is -0.261. The third-order valence-corrected chi connectivity index (χ3v) is 3.45. The van der Waals surface area contributed by atoms with Crippen molar-refractivity contribution in [3.05, 3.63) is 23.8 Å². The standard InChI is InChI=1S/C14H19N3O3/c1-16-7-4-8-17(9-12(16)18)14(19)13-10(15)5-3-6-11(13)20-2/h3,5-6H,4,7-9,15H2,1-2H3. The van der Waals surface area contributed by atoms with Crippen LogP contribution in [0.5, 0.6) is 5.75 Å². The van der Waals surface area contributed by atoms with E-state index in [1.165, 1.54) is 12.0 Å². The second-order valence-electron chi connectivity index (χ2n) is 4.82. The van der Waals surface area contributed by atoms with Gasteiger partial charge in [-0.25, -0.2) is 0 Å². The second kappa shape index (κ2) is 5.81. The molecule has 0 unspecified atom stereocenters. The van der Waals surface area contributed by atoms with Crippen LogP contribution in [-0.4, -0.2) is 55.4 Å². The Bertz CT molecular complexity index is 530. The lowest BCUT2D eigenvalue weighted by atomic mass is 10.1. The van der Waals surface area contributed by atoms with E-state index in [2.05, 4.69) is 0 Å². The molecule has 0 atom stereocenters. The molecule has 1 aromatic carbocycles. The number of nitrogens with zero attached hydrogens (tertiary/aromatic N) is 2. The van der Waals surface area contributed by atoms with Crippen LogP contribution in [0.1, 0.15) is 16.8 Å². The van der Waals surface area contributed by atoms with Gasteiger partial charge >= 0.3 is 0 Å².